The van der Waals surface area contributed by atoms with Crippen LogP contribution in [0.25, 0.3) is 0 Å². The van der Waals surface area contributed by atoms with Crippen LogP contribution in [0, 0.1) is 5.82 Å². The Morgan fingerprint density at radius 3 is 2.55 bits per heavy atom. The number of nitrogens with zero attached hydrogens (tertiary/aromatic N) is 2. The van der Waals surface area contributed by atoms with Crippen LogP contribution in [0.3, 0.4) is 0 Å². The molecule has 0 radical (unpaired) electrons. The third kappa shape index (κ3) is 3.11. The fraction of sp³-hybridized carbons (Fsp3) is 0.421. The largest absolute Gasteiger partial charge is 0.501 e. The van der Waals surface area contributed by atoms with Gasteiger partial charge in [0.25, 0.3) is 11.5 Å². The first-order valence-corrected chi connectivity index (χ1v) is 11.0. The number of hydrogen-bond acceptors (Lipinski definition) is 6. The number of halogens is 1. The summed E-state index contributed by atoms with van der Waals surface area (Å²) in [6.45, 7) is -0.0711. The first-order valence-electron chi connectivity index (χ1n) is 9.34. The molecule has 2 heterocycles. The van der Waals surface area contributed by atoms with E-state index in [1.54, 1.807) is 0 Å². The highest BCUT2D eigenvalue weighted by atomic mass is 32.2. The number of aromatic nitrogens is 2. The maximum absolute atomic E-state index is 13.0. The molecular weight excluding hydrogens is 401 g/mol. The average Bonchev–Trinajstić information content (AvgIpc) is 3.19. The lowest BCUT2D eigenvalue weighted by Crippen LogP contribution is -2.48. The summed E-state index contributed by atoms with van der Waals surface area (Å²) in [7, 11) is -3.54. The van der Waals surface area contributed by atoms with Crippen LogP contribution in [0.4, 0.5) is 4.39 Å². The second-order valence-electron chi connectivity index (χ2n) is 7.42. The Morgan fingerprint density at radius 1 is 1.24 bits per heavy atom. The Kier molecular flexibility index (Phi) is 4.68. The van der Waals surface area contributed by atoms with E-state index in [1.807, 2.05) is 0 Å². The molecule has 1 aliphatic heterocycles. The summed E-state index contributed by atoms with van der Waals surface area (Å²) in [5.41, 5.74) is -0.696. The second-order valence-corrected chi connectivity index (χ2v) is 9.84. The summed E-state index contributed by atoms with van der Waals surface area (Å²) in [5.74, 6) is -2.18. The normalized spacial score (nSPS) is 19.1. The predicted molar refractivity (Wildman–Crippen MR) is 102 cm³/mol. The number of nitrogens with one attached hydrogen (secondary N) is 1. The van der Waals surface area contributed by atoms with Crippen LogP contribution in [-0.4, -0.2) is 34.7 Å². The summed E-state index contributed by atoms with van der Waals surface area (Å²) in [5, 5.41) is 12.8. The van der Waals surface area contributed by atoms with Crippen molar-refractivity contribution in [3.05, 3.63) is 57.5 Å². The van der Waals surface area contributed by atoms with Gasteiger partial charge in [-0.25, -0.2) is 17.8 Å². The molecule has 2 aromatic rings. The lowest BCUT2D eigenvalue weighted by atomic mass is 10.1. The number of amides is 1. The molecule has 1 fully saturated rings. The van der Waals surface area contributed by atoms with Crippen LogP contribution >= 0.6 is 0 Å². The van der Waals surface area contributed by atoms with Crippen molar-refractivity contribution in [1.82, 2.24) is 14.9 Å². The maximum atomic E-state index is 13.0. The zero-order valence-electron chi connectivity index (χ0n) is 15.5. The van der Waals surface area contributed by atoms with Crippen molar-refractivity contribution in [2.75, 3.05) is 5.75 Å². The Bertz CT molecular complexity index is 1140. The molecule has 1 aliphatic carbocycles. The van der Waals surface area contributed by atoms with E-state index >= 15 is 0 Å². The van der Waals surface area contributed by atoms with Crippen LogP contribution in [0.15, 0.2) is 29.1 Å². The number of sulfone groups is 1. The number of carbonyl (C=O) groups is 1. The van der Waals surface area contributed by atoms with E-state index in [9.17, 15) is 27.5 Å². The first kappa shape index (κ1) is 19.6. The minimum Gasteiger partial charge on any atom is -0.501 e. The van der Waals surface area contributed by atoms with Crippen molar-refractivity contribution in [3.63, 3.8) is 0 Å². The number of aromatic hydroxyl groups is 1. The fourth-order valence-corrected chi connectivity index (χ4v) is 6.31. The summed E-state index contributed by atoms with van der Waals surface area (Å²) in [6, 6.07) is 5.48. The molecule has 8 nitrogen and oxygen atoms in total. The van der Waals surface area contributed by atoms with Crippen LogP contribution < -0.4 is 10.9 Å². The second kappa shape index (κ2) is 6.94. The Hall–Kier alpha value is -2.75. The smallest absolute Gasteiger partial charge is 0.296 e. The zero-order chi connectivity index (χ0) is 20.8. The standard InChI is InChI=1S/C19H20FN3O5S/c20-13-5-3-12(4-6-13)11-21-16(25)14-15(24)17(26)23-9-10-29(27,28)19(18(23)22-14)7-1-2-8-19/h3-6,24H,1-2,7-11H2,(H,21,25). The van der Waals surface area contributed by atoms with Crippen molar-refractivity contribution < 1.29 is 22.7 Å². The third-order valence-electron chi connectivity index (χ3n) is 5.72. The van der Waals surface area contributed by atoms with E-state index in [-0.39, 0.29) is 24.7 Å². The molecule has 1 saturated carbocycles. The van der Waals surface area contributed by atoms with Gasteiger partial charge in [0, 0.05) is 13.1 Å². The molecular formula is C19H20FN3O5S. The van der Waals surface area contributed by atoms with E-state index in [2.05, 4.69) is 10.3 Å². The zero-order valence-corrected chi connectivity index (χ0v) is 16.3. The minimum absolute atomic E-state index is 0.0299. The number of hydrogen-bond donors (Lipinski definition) is 2. The first-order chi connectivity index (χ1) is 13.7. The van der Waals surface area contributed by atoms with Crippen LogP contribution in [0.5, 0.6) is 5.75 Å². The molecule has 2 N–H and O–H groups in total. The number of carbonyl (C=O) groups excluding carboxylic acids is 1. The van der Waals surface area contributed by atoms with E-state index in [1.165, 1.54) is 28.8 Å². The molecule has 10 heteroatoms. The third-order valence-corrected chi connectivity index (χ3v) is 8.23. The van der Waals surface area contributed by atoms with E-state index in [0.717, 1.165) is 0 Å². The van der Waals surface area contributed by atoms with Crippen LogP contribution in [-0.2, 0) is 27.7 Å². The lowest BCUT2D eigenvalue weighted by molar-refractivity contribution is 0.0941. The van der Waals surface area contributed by atoms with E-state index in [4.69, 9.17) is 0 Å². The topological polar surface area (TPSA) is 118 Å². The average molecular weight is 421 g/mol. The van der Waals surface area contributed by atoms with Gasteiger partial charge in [0.1, 0.15) is 16.4 Å². The highest BCUT2D eigenvalue weighted by molar-refractivity contribution is 7.92. The molecule has 29 heavy (non-hydrogen) atoms. The molecule has 1 spiro atoms. The molecule has 1 aromatic heterocycles. The Morgan fingerprint density at radius 2 is 1.90 bits per heavy atom. The Balaban J connectivity index is 1.72. The van der Waals surface area contributed by atoms with Gasteiger partial charge in [0.05, 0.1) is 5.75 Å². The summed E-state index contributed by atoms with van der Waals surface area (Å²) < 4.78 is 38.6. The van der Waals surface area contributed by atoms with Crippen molar-refractivity contribution >= 4 is 15.7 Å². The van der Waals surface area contributed by atoms with Gasteiger partial charge in [-0.1, -0.05) is 25.0 Å². The monoisotopic (exact) mass is 421 g/mol. The highest BCUT2D eigenvalue weighted by Gasteiger charge is 2.53. The number of benzene rings is 1. The molecule has 0 bridgehead atoms. The van der Waals surface area contributed by atoms with Gasteiger partial charge in [-0.3, -0.25) is 14.2 Å². The molecule has 2 aliphatic rings. The molecule has 1 aromatic carbocycles. The minimum atomic E-state index is -3.54. The van der Waals surface area contributed by atoms with Crippen LogP contribution in [0.2, 0.25) is 0 Å². The van der Waals surface area contributed by atoms with Crippen molar-refractivity contribution in [2.24, 2.45) is 0 Å². The SMILES string of the molecule is O=C(NCc1ccc(F)cc1)c1nc2n(c(=O)c1O)CCS(=O)(=O)C21CCCC1. The van der Waals surface area contributed by atoms with Crippen molar-refractivity contribution in [1.29, 1.82) is 0 Å². The lowest BCUT2D eigenvalue weighted by Gasteiger charge is -2.34. The maximum Gasteiger partial charge on any atom is 0.296 e. The molecule has 0 saturated heterocycles. The van der Waals surface area contributed by atoms with Gasteiger partial charge in [-0.2, -0.15) is 0 Å². The quantitative estimate of drug-likeness (QED) is 0.769. The van der Waals surface area contributed by atoms with Crippen LogP contribution in [0.1, 0.15) is 47.6 Å². The molecule has 1 amide bonds. The summed E-state index contributed by atoms with van der Waals surface area (Å²) in [4.78, 5) is 29.5. The summed E-state index contributed by atoms with van der Waals surface area (Å²) in [6.07, 6.45) is 2.04. The molecule has 0 unspecified atom stereocenters. The molecule has 4 rings (SSSR count). The van der Waals surface area contributed by atoms with Crippen molar-refractivity contribution in [2.45, 2.75) is 43.5 Å². The van der Waals surface area contributed by atoms with Gasteiger partial charge in [0.2, 0.25) is 5.75 Å². The van der Waals surface area contributed by atoms with E-state index < -0.39 is 43.3 Å². The van der Waals surface area contributed by atoms with Gasteiger partial charge >= 0.3 is 0 Å². The summed E-state index contributed by atoms with van der Waals surface area (Å²) >= 11 is 0. The molecule has 0 atom stereocenters. The number of rotatable bonds is 3. The fourth-order valence-electron chi connectivity index (χ4n) is 4.15. The number of fused-ring (bicyclic) bond motifs is 2. The van der Waals surface area contributed by atoms with E-state index in [0.29, 0.717) is 31.2 Å². The predicted octanol–water partition coefficient (Wildman–Crippen LogP) is 1.22. The van der Waals surface area contributed by atoms with Gasteiger partial charge in [0.15, 0.2) is 15.5 Å². The van der Waals surface area contributed by atoms with Gasteiger partial charge in [-0.05, 0) is 30.5 Å². The molecule has 154 valence electrons. The van der Waals surface area contributed by atoms with Gasteiger partial charge in [-0.15, -0.1) is 0 Å². The van der Waals surface area contributed by atoms with Gasteiger partial charge < -0.3 is 10.4 Å². The van der Waals surface area contributed by atoms with Crippen molar-refractivity contribution in [3.8, 4) is 5.75 Å². The Labute approximate surface area is 166 Å². The highest BCUT2D eigenvalue weighted by Crippen LogP contribution is 2.47.